The number of esters is 1. The van der Waals surface area contributed by atoms with E-state index in [0.29, 0.717) is 41.0 Å². The Bertz CT molecular complexity index is 1830. The number of aryl methyl sites for hydroxylation is 1. The third-order valence-corrected chi connectivity index (χ3v) is 10.3. The summed E-state index contributed by atoms with van der Waals surface area (Å²) in [6.07, 6.45) is -2.49. The fraction of sp³-hybridized carbons (Fsp3) is 0.400. The van der Waals surface area contributed by atoms with Crippen LogP contribution in [-0.2, 0) is 28.5 Å². The van der Waals surface area contributed by atoms with E-state index in [2.05, 4.69) is 11.0 Å². The van der Waals surface area contributed by atoms with Crippen molar-refractivity contribution in [3.8, 4) is 23.0 Å². The van der Waals surface area contributed by atoms with E-state index in [-0.39, 0.29) is 86.6 Å². The van der Waals surface area contributed by atoms with Gasteiger partial charge in [0.25, 0.3) is 0 Å². The fourth-order valence-electron chi connectivity index (χ4n) is 7.87. The summed E-state index contributed by atoms with van der Waals surface area (Å²) in [5.41, 5.74) is 4.40. The number of ether oxygens (including phenoxy) is 3. The normalized spacial score (nSPS) is 24.5. The molecule has 251 valence electrons. The van der Waals surface area contributed by atoms with Crippen LogP contribution in [0.15, 0.2) is 36.4 Å². The second-order valence-corrected chi connectivity index (χ2v) is 12.8. The Balaban J connectivity index is 0.00000401. The average molecular weight is 880 g/mol. The quantitative estimate of drug-likeness (QED) is 0.240. The number of alkyl halides is 3. The van der Waals surface area contributed by atoms with Crippen molar-refractivity contribution in [3.05, 3.63) is 86.5 Å². The van der Waals surface area contributed by atoms with Crippen molar-refractivity contribution in [1.29, 1.82) is 0 Å². The Morgan fingerprint density at radius 1 is 1.02 bits per heavy atom. The standard InChI is InChI=1S/C35H35F3N2O7.Ac/c1-16-10-20-12-24-34(44)40-23(29(39(24)4)27(20)31(43)17(16)2)13-22-28(33-32(46-15-47-33)18(3)30(22)42)25(40)14-45-26(41)9-8-19-6-5-7-21(11-19)35(36,37)38;/h5-11,23-25,29,34,42-44H,12-15H2,1-4H3;/b9-8+;/t23?,24-,25+,29+,34+;/m1./s1. The van der Waals surface area contributed by atoms with Crippen LogP contribution in [0, 0.1) is 64.8 Å². The molecule has 2 bridgehead atoms. The smallest absolute Gasteiger partial charge is 0.416 e. The van der Waals surface area contributed by atoms with Crippen LogP contribution in [0.2, 0.25) is 0 Å². The van der Waals surface area contributed by atoms with Crippen molar-refractivity contribution >= 4 is 12.0 Å². The average Bonchev–Trinajstić information content (AvgIpc) is 3.52. The van der Waals surface area contributed by atoms with Gasteiger partial charge in [0.2, 0.25) is 6.79 Å². The fourth-order valence-corrected chi connectivity index (χ4v) is 7.87. The third kappa shape index (κ3) is 5.60. The van der Waals surface area contributed by atoms with E-state index < -0.39 is 36.0 Å². The number of halogens is 3. The SMILES string of the molecule is Cc1cc2c(c(O)c1C)[C@@H]1C3Cc4c(O)c(C)c5c(c4[C@H](COC(=O)/C=C/c4cccc(C(F)(F)F)c4)N3[C@@H](O)[C@@H](C2)N1C)OCO5.[Ac]. The van der Waals surface area contributed by atoms with Gasteiger partial charge < -0.3 is 29.5 Å². The van der Waals surface area contributed by atoms with E-state index in [9.17, 15) is 33.3 Å². The summed E-state index contributed by atoms with van der Waals surface area (Å²) in [5.74, 6) is 0.198. The Morgan fingerprint density at radius 2 is 1.75 bits per heavy atom. The molecule has 0 amide bonds. The molecule has 4 aliphatic rings. The first-order valence-electron chi connectivity index (χ1n) is 15.4. The number of aliphatic hydroxyl groups excluding tert-OH is 1. The Morgan fingerprint density at radius 3 is 2.48 bits per heavy atom. The van der Waals surface area contributed by atoms with Crippen molar-refractivity contribution < 1.29 is 91.6 Å². The Hall–Kier alpha value is -2.82. The van der Waals surface area contributed by atoms with E-state index in [4.69, 9.17) is 14.2 Å². The minimum Gasteiger partial charge on any atom is -0.507 e. The van der Waals surface area contributed by atoms with Gasteiger partial charge in [-0.15, -0.1) is 0 Å². The van der Waals surface area contributed by atoms with Gasteiger partial charge in [-0.1, -0.05) is 18.2 Å². The number of likely N-dealkylation sites (N-methyl/N-ethyl adjacent to an activating group) is 1. The molecule has 13 heteroatoms. The molecule has 0 spiro atoms. The van der Waals surface area contributed by atoms with Gasteiger partial charge in [0.05, 0.1) is 23.7 Å². The van der Waals surface area contributed by atoms with Gasteiger partial charge in [-0.25, -0.2) is 4.79 Å². The molecule has 0 aliphatic carbocycles. The van der Waals surface area contributed by atoms with Crippen molar-refractivity contribution in [1.82, 2.24) is 9.80 Å². The van der Waals surface area contributed by atoms with Crippen molar-refractivity contribution in [2.24, 2.45) is 0 Å². The van der Waals surface area contributed by atoms with Gasteiger partial charge >= 0.3 is 12.1 Å². The number of carbonyl (C=O) groups excluding carboxylic acids is 1. The number of carbonyl (C=O) groups is 1. The number of aliphatic hydroxyl groups is 1. The van der Waals surface area contributed by atoms with Crippen molar-refractivity contribution in [3.63, 3.8) is 0 Å². The number of aromatic hydroxyl groups is 2. The first-order valence-corrected chi connectivity index (χ1v) is 15.4. The topological polar surface area (TPSA) is 112 Å². The summed E-state index contributed by atoms with van der Waals surface area (Å²) in [4.78, 5) is 17.0. The third-order valence-electron chi connectivity index (χ3n) is 10.3. The van der Waals surface area contributed by atoms with Gasteiger partial charge in [-0.2, -0.15) is 13.2 Å². The Labute approximate surface area is 311 Å². The molecular formula is C35H35AcF3N2O7. The molecule has 1 unspecified atom stereocenters. The minimum absolute atomic E-state index is 0. The molecule has 1 radical (unpaired) electrons. The van der Waals surface area contributed by atoms with E-state index in [0.717, 1.165) is 40.5 Å². The maximum atomic E-state index is 13.2. The first-order chi connectivity index (χ1) is 22.3. The predicted molar refractivity (Wildman–Crippen MR) is 164 cm³/mol. The van der Waals surface area contributed by atoms with Crippen LogP contribution in [0.1, 0.15) is 62.2 Å². The Kier molecular flexibility index (Phi) is 9.35. The van der Waals surface area contributed by atoms with Crippen LogP contribution in [0.3, 0.4) is 0 Å². The molecule has 48 heavy (non-hydrogen) atoms. The molecule has 1 fully saturated rings. The van der Waals surface area contributed by atoms with Crippen molar-refractivity contribution in [2.45, 2.75) is 70.2 Å². The van der Waals surface area contributed by atoms with Gasteiger partial charge in [-0.05, 0) is 81.1 Å². The largest absolute Gasteiger partial charge is 0.507 e. The van der Waals surface area contributed by atoms with Crippen LogP contribution in [0.25, 0.3) is 6.08 Å². The number of phenols is 2. The molecule has 3 aromatic rings. The number of benzene rings is 3. The predicted octanol–water partition coefficient (Wildman–Crippen LogP) is 5.22. The zero-order valence-corrected chi connectivity index (χ0v) is 31.6. The van der Waals surface area contributed by atoms with Gasteiger partial charge in [0, 0.05) is 78.4 Å². The summed E-state index contributed by atoms with van der Waals surface area (Å²) in [6, 6.07) is 4.67. The summed E-state index contributed by atoms with van der Waals surface area (Å²) < 4.78 is 56.9. The van der Waals surface area contributed by atoms with Gasteiger partial charge in [0.1, 0.15) is 24.3 Å². The molecule has 0 aromatic heterocycles. The van der Waals surface area contributed by atoms with Crippen LogP contribution >= 0.6 is 0 Å². The van der Waals surface area contributed by atoms with E-state index in [1.807, 2.05) is 25.8 Å². The molecular weight excluding hydrogens is 844 g/mol. The molecule has 0 saturated carbocycles. The summed E-state index contributed by atoms with van der Waals surface area (Å²) in [6.45, 7) is 5.21. The summed E-state index contributed by atoms with van der Waals surface area (Å²) >= 11 is 0. The second-order valence-electron chi connectivity index (χ2n) is 12.8. The molecule has 9 nitrogen and oxygen atoms in total. The maximum absolute atomic E-state index is 13.2. The van der Waals surface area contributed by atoms with Crippen LogP contribution in [0.4, 0.5) is 13.2 Å². The molecule has 7 rings (SSSR count). The molecule has 4 heterocycles. The van der Waals surface area contributed by atoms with Crippen molar-refractivity contribution in [2.75, 3.05) is 20.4 Å². The monoisotopic (exact) mass is 879 g/mol. The van der Waals surface area contributed by atoms with E-state index >= 15 is 0 Å². The van der Waals surface area contributed by atoms with Crippen LogP contribution < -0.4 is 9.47 Å². The number of nitrogens with zero attached hydrogens (tertiary/aromatic N) is 2. The summed E-state index contributed by atoms with van der Waals surface area (Å²) in [5, 5.41) is 35.0. The second kappa shape index (κ2) is 12.8. The van der Waals surface area contributed by atoms with Gasteiger partial charge in [-0.3, -0.25) is 9.80 Å². The number of phenolic OH excluding ortho intramolecular Hbond substituents is 2. The number of fused-ring (bicyclic) bond motifs is 9. The van der Waals surface area contributed by atoms with E-state index in [1.165, 1.54) is 18.2 Å². The number of hydrogen-bond donors (Lipinski definition) is 3. The number of piperazine rings is 1. The van der Waals surface area contributed by atoms with E-state index in [1.54, 1.807) is 6.92 Å². The first kappa shape index (κ1) is 35.0. The number of hydrogen-bond acceptors (Lipinski definition) is 9. The molecule has 1 saturated heterocycles. The summed E-state index contributed by atoms with van der Waals surface area (Å²) in [7, 11) is 1.92. The molecule has 5 atom stereocenters. The minimum atomic E-state index is -4.53. The van der Waals surface area contributed by atoms with Gasteiger partial charge in [0.15, 0.2) is 11.5 Å². The maximum Gasteiger partial charge on any atom is 0.416 e. The molecule has 4 aliphatic heterocycles. The van der Waals surface area contributed by atoms with Crippen LogP contribution in [0.5, 0.6) is 23.0 Å². The van der Waals surface area contributed by atoms with Crippen LogP contribution in [-0.4, -0.2) is 69.8 Å². The number of rotatable bonds is 4. The zero-order valence-electron chi connectivity index (χ0n) is 26.8. The zero-order chi connectivity index (χ0) is 33.5. The molecule has 3 N–H and O–H groups in total. The molecule has 3 aromatic carbocycles.